The van der Waals surface area contributed by atoms with E-state index in [0.29, 0.717) is 10.9 Å². The van der Waals surface area contributed by atoms with Gasteiger partial charge in [-0.2, -0.15) is 5.10 Å². The van der Waals surface area contributed by atoms with Crippen molar-refractivity contribution in [1.29, 1.82) is 0 Å². The van der Waals surface area contributed by atoms with Crippen LogP contribution in [0.1, 0.15) is 11.6 Å². The summed E-state index contributed by atoms with van der Waals surface area (Å²) < 4.78 is 7.03. The van der Waals surface area contributed by atoms with Crippen LogP contribution in [-0.4, -0.2) is 48.5 Å². The van der Waals surface area contributed by atoms with Gasteiger partial charge in [-0.3, -0.25) is 14.3 Å². The molecule has 1 aliphatic heterocycles. The molecule has 0 unspecified atom stereocenters. The highest BCUT2D eigenvalue weighted by atomic mass is 16.5. The summed E-state index contributed by atoms with van der Waals surface area (Å²) in [7, 11) is 0. The third kappa shape index (κ3) is 4.70. The van der Waals surface area contributed by atoms with Crippen molar-refractivity contribution in [2.75, 3.05) is 32.8 Å². The van der Waals surface area contributed by atoms with Crippen LogP contribution < -0.4 is 15.6 Å². The number of aromatic nitrogens is 2. The van der Waals surface area contributed by atoms with Crippen molar-refractivity contribution in [2.24, 2.45) is 0 Å². The zero-order chi connectivity index (χ0) is 20.1. The molecule has 150 valence electrons. The van der Waals surface area contributed by atoms with Gasteiger partial charge in [-0.25, -0.2) is 0 Å². The van der Waals surface area contributed by atoms with Crippen LogP contribution in [0.2, 0.25) is 0 Å². The quantitative estimate of drug-likeness (QED) is 0.626. The van der Waals surface area contributed by atoms with Gasteiger partial charge >= 0.3 is 0 Å². The van der Waals surface area contributed by atoms with Gasteiger partial charge in [-0.1, -0.05) is 42.5 Å². The van der Waals surface area contributed by atoms with E-state index in [-0.39, 0.29) is 23.9 Å². The molecule has 0 saturated carbocycles. The first-order chi connectivity index (χ1) is 14.2. The number of hydrogen-bond donors (Lipinski definition) is 2. The maximum absolute atomic E-state index is 12.9. The molecule has 1 aliphatic rings. The van der Waals surface area contributed by atoms with Gasteiger partial charge in [0, 0.05) is 5.39 Å². The number of fused-ring (bicyclic) bond motifs is 1. The summed E-state index contributed by atoms with van der Waals surface area (Å²) in [5, 5.41) is 7.90. The Kier molecular flexibility index (Phi) is 5.97. The van der Waals surface area contributed by atoms with Crippen LogP contribution in [0.5, 0.6) is 0 Å². The summed E-state index contributed by atoms with van der Waals surface area (Å²) in [5.41, 5.74) is 1.60. The number of ether oxygens (including phenoxy) is 1. The average molecular weight is 393 g/mol. The summed E-state index contributed by atoms with van der Waals surface area (Å²) in [5.74, 6) is -0.132. The molecule has 0 bridgehead atoms. The molecule has 4 rings (SSSR count). The first-order valence-corrected chi connectivity index (χ1v) is 9.91. The second-order valence-electron chi connectivity index (χ2n) is 7.28. The minimum Gasteiger partial charge on any atom is -0.370 e. The van der Waals surface area contributed by atoms with Crippen LogP contribution in [0, 0.1) is 0 Å². The molecule has 1 atom stereocenters. The van der Waals surface area contributed by atoms with Gasteiger partial charge < -0.3 is 15.0 Å². The molecule has 7 heteroatoms. The molecule has 2 N–H and O–H groups in total. The highest BCUT2D eigenvalue weighted by molar-refractivity contribution is 5.81. The van der Waals surface area contributed by atoms with E-state index in [2.05, 4.69) is 10.4 Å². The molecule has 7 nitrogen and oxygen atoms in total. The Hall–Kier alpha value is -3.03. The molecule has 0 aliphatic carbocycles. The summed E-state index contributed by atoms with van der Waals surface area (Å²) in [6.07, 6.45) is 1.27. The number of quaternary nitrogens is 1. The Morgan fingerprint density at radius 2 is 1.83 bits per heavy atom. The lowest BCUT2D eigenvalue weighted by molar-refractivity contribution is -0.909. The fourth-order valence-electron chi connectivity index (χ4n) is 3.75. The summed E-state index contributed by atoms with van der Waals surface area (Å²) in [6.45, 7) is 4.23. The zero-order valence-corrected chi connectivity index (χ0v) is 16.2. The van der Waals surface area contributed by atoms with E-state index in [9.17, 15) is 9.59 Å². The maximum Gasteiger partial charge on any atom is 0.242 e. The van der Waals surface area contributed by atoms with E-state index in [1.807, 2.05) is 48.5 Å². The highest BCUT2D eigenvalue weighted by Gasteiger charge is 2.23. The van der Waals surface area contributed by atoms with Crippen molar-refractivity contribution >= 4 is 16.8 Å². The second-order valence-corrected chi connectivity index (χ2v) is 7.28. The predicted octanol–water partition coefficient (Wildman–Crippen LogP) is 0.169. The predicted molar refractivity (Wildman–Crippen MR) is 110 cm³/mol. The largest absolute Gasteiger partial charge is 0.370 e. The summed E-state index contributed by atoms with van der Waals surface area (Å²) >= 11 is 0. The van der Waals surface area contributed by atoms with Gasteiger partial charge in [0.1, 0.15) is 32.2 Å². The number of morpholine rings is 1. The van der Waals surface area contributed by atoms with E-state index >= 15 is 0 Å². The molecule has 2 heterocycles. The van der Waals surface area contributed by atoms with Crippen molar-refractivity contribution in [3.05, 3.63) is 76.6 Å². The number of carbonyl (C=O) groups excluding carboxylic acids is 1. The number of benzene rings is 2. The molecule has 0 radical (unpaired) electrons. The van der Waals surface area contributed by atoms with Crippen LogP contribution in [0.25, 0.3) is 10.9 Å². The van der Waals surface area contributed by atoms with Gasteiger partial charge in [-0.05, 0) is 17.7 Å². The molecule has 1 amide bonds. The lowest BCUT2D eigenvalue weighted by Crippen LogP contribution is -3.14. The smallest absolute Gasteiger partial charge is 0.242 e. The van der Waals surface area contributed by atoms with Gasteiger partial charge in [0.15, 0.2) is 0 Å². The first kappa shape index (κ1) is 19.3. The third-order valence-electron chi connectivity index (χ3n) is 5.29. The van der Waals surface area contributed by atoms with E-state index in [1.165, 1.54) is 11.1 Å². The van der Waals surface area contributed by atoms with Gasteiger partial charge in [-0.15, -0.1) is 0 Å². The Morgan fingerprint density at radius 1 is 1.10 bits per heavy atom. The Labute approximate surface area is 168 Å². The zero-order valence-electron chi connectivity index (χ0n) is 16.2. The number of nitrogens with zero attached hydrogens (tertiary/aromatic N) is 2. The molecule has 29 heavy (non-hydrogen) atoms. The molecule has 2 aromatic carbocycles. The van der Waals surface area contributed by atoms with Crippen molar-refractivity contribution < 1.29 is 14.4 Å². The monoisotopic (exact) mass is 393 g/mol. The molecule has 1 aromatic heterocycles. The minimum atomic E-state index is -0.143. The molecular formula is C22H25N4O3+. The Balaban J connectivity index is 1.52. The topological polar surface area (TPSA) is 77.7 Å². The Morgan fingerprint density at radius 3 is 2.62 bits per heavy atom. The van der Waals surface area contributed by atoms with Crippen molar-refractivity contribution in [1.82, 2.24) is 15.1 Å². The summed E-state index contributed by atoms with van der Waals surface area (Å²) in [4.78, 5) is 26.3. The van der Waals surface area contributed by atoms with E-state index in [1.54, 1.807) is 10.7 Å². The Bertz CT molecular complexity index is 1030. The molecule has 3 aromatic rings. The molecule has 1 fully saturated rings. The third-order valence-corrected chi connectivity index (χ3v) is 5.29. The molecule has 1 saturated heterocycles. The second kappa shape index (κ2) is 8.98. The summed E-state index contributed by atoms with van der Waals surface area (Å²) in [6, 6.07) is 17.1. The van der Waals surface area contributed by atoms with Crippen LogP contribution in [0.3, 0.4) is 0 Å². The maximum atomic E-state index is 12.9. The number of rotatable bonds is 6. The van der Waals surface area contributed by atoms with Crippen molar-refractivity contribution in [3.8, 4) is 0 Å². The van der Waals surface area contributed by atoms with Crippen LogP contribution in [0.4, 0.5) is 0 Å². The SMILES string of the molecule is O=C(Cn1ncc(=O)c2ccccc21)N[C@H](C[NH+]1CCOCC1)c1ccccc1. The van der Waals surface area contributed by atoms with Crippen LogP contribution >= 0.6 is 0 Å². The molecule has 0 spiro atoms. The fourth-order valence-corrected chi connectivity index (χ4v) is 3.75. The first-order valence-electron chi connectivity index (χ1n) is 9.91. The fraction of sp³-hybridized carbons (Fsp3) is 0.318. The molecular weight excluding hydrogens is 368 g/mol. The lowest BCUT2D eigenvalue weighted by atomic mass is 10.1. The minimum absolute atomic E-state index is 0.0581. The highest BCUT2D eigenvalue weighted by Crippen LogP contribution is 2.12. The van der Waals surface area contributed by atoms with Gasteiger partial charge in [0.2, 0.25) is 11.3 Å². The number of nitrogens with one attached hydrogen (secondary N) is 2. The number of para-hydroxylation sites is 1. The van der Waals surface area contributed by atoms with Crippen LogP contribution in [0.15, 0.2) is 65.6 Å². The van der Waals surface area contributed by atoms with E-state index in [0.717, 1.165) is 38.4 Å². The van der Waals surface area contributed by atoms with Gasteiger partial charge in [0.05, 0.1) is 24.9 Å². The van der Waals surface area contributed by atoms with Crippen LogP contribution in [-0.2, 0) is 16.1 Å². The lowest BCUT2D eigenvalue weighted by Gasteiger charge is -2.28. The van der Waals surface area contributed by atoms with Crippen molar-refractivity contribution in [2.45, 2.75) is 12.6 Å². The van der Waals surface area contributed by atoms with Crippen molar-refractivity contribution in [3.63, 3.8) is 0 Å². The standard InChI is InChI=1S/C22H24N4O3/c27-21-14-23-26(20-9-5-4-8-18(20)21)16-22(28)24-19(17-6-2-1-3-7-17)15-25-10-12-29-13-11-25/h1-9,14,19H,10-13,15-16H2,(H,24,28)/p+1/t19-/m1/s1. The average Bonchev–Trinajstić information content (AvgIpc) is 2.77. The van der Waals surface area contributed by atoms with E-state index in [4.69, 9.17) is 4.74 Å². The normalized spacial score (nSPS) is 15.9. The number of hydrogen-bond acceptors (Lipinski definition) is 4. The van der Waals surface area contributed by atoms with Gasteiger partial charge in [0.25, 0.3) is 0 Å². The number of amides is 1. The van der Waals surface area contributed by atoms with E-state index < -0.39 is 0 Å². The number of carbonyl (C=O) groups is 1.